The standard InChI is InChI=1S/C18H30N2O/c1-3-18(16-8-10-17(21)11-9-16)19-12-6-14-20-13-5-4-7-15(20)2/h8-11,15,18-19,21H,3-7,12-14H2,1-2H3. The number of hydrogen-bond acceptors (Lipinski definition) is 3. The molecule has 0 spiro atoms. The van der Waals surface area contributed by atoms with Crippen LogP contribution in [0.3, 0.4) is 0 Å². The molecule has 2 unspecified atom stereocenters. The number of benzene rings is 1. The Kier molecular flexibility index (Phi) is 6.52. The lowest BCUT2D eigenvalue weighted by Gasteiger charge is -2.33. The molecule has 3 heteroatoms. The van der Waals surface area contributed by atoms with Gasteiger partial charge >= 0.3 is 0 Å². The first-order chi connectivity index (χ1) is 10.2. The van der Waals surface area contributed by atoms with Crippen LogP contribution in [0.2, 0.25) is 0 Å². The van der Waals surface area contributed by atoms with E-state index in [-0.39, 0.29) is 0 Å². The Morgan fingerprint density at radius 3 is 2.71 bits per heavy atom. The van der Waals surface area contributed by atoms with Gasteiger partial charge in [0.15, 0.2) is 0 Å². The van der Waals surface area contributed by atoms with Crippen LogP contribution in [0.15, 0.2) is 24.3 Å². The number of nitrogens with one attached hydrogen (secondary N) is 1. The summed E-state index contributed by atoms with van der Waals surface area (Å²) < 4.78 is 0. The molecular formula is C18H30N2O. The number of nitrogens with zero attached hydrogens (tertiary/aromatic N) is 1. The van der Waals surface area contributed by atoms with Crippen molar-refractivity contribution in [2.75, 3.05) is 19.6 Å². The first-order valence-electron chi connectivity index (χ1n) is 8.47. The van der Waals surface area contributed by atoms with Gasteiger partial charge in [-0.2, -0.15) is 0 Å². The van der Waals surface area contributed by atoms with Gasteiger partial charge < -0.3 is 15.3 Å². The maximum atomic E-state index is 9.37. The molecule has 0 saturated carbocycles. The van der Waals surface area contributed by atoms with E-state index in [0.29, 0.717) is 11.8 Å². The van der Waals surface area contributed by atoms with Gasteiger partial charge in [-0.15, -0.1) is 0 Å². The second kappa shape index (κ2) is 8.40. The van der Waals surface area contributed by atoms with Crippen LogP contribution >= 0.6 is 0 Å². The van der Waals surface area contributed by atoms with Crippen LogP contribution in [0.1, 0.15) is 57.6 Å². The molecule has 118 valence electrons. The molecule has 1 heterocycles. The molecule has 2 rings (SSSR count). The van der Waals surface area contributed by atoms with Gasteiger partial charge in [0.1, 0.15) is 5.75 Å². The fourth-order valence-corrected chi connectivity index (χ4v) is 3.25. The van der Waals surface area contributed by atoms with Crippen LogP contribution in [-0.2, 0) is 0 Å². The topological polar surface area (TPSA) is 35.5 Å². The highest BCUT2D eigenvalue weighted by atomic mass is 16.3. The van der Waals surface area contributed by atoms with Crippen LogP contribution in [0.5, 0.6) is 5.75 Å². The Labute approximate surface area is 129 Å². The lowest BCUT2D eigenvalue weighted by atomic mass is 10.0. The van der Waals surface area contributed by atoms with E-state index in [2.05, 4.69) is 24.1 Å². The molecule has 1 fully saturated rings. The van der Waals surface area contributed by atoms with Crippen molar-refractivity contribution in [2.24, 2.45) is 0 Å². The molecule has 1 saturated heterocycles. The zero-order valence-corrected chi connectivity index (χ0v) is 13.5. The number of hydrogen-bond donors (Lipinski definition) is 2. The van der Waals surface area contributed by atoms with Gasteiger partial charge in [0.05, 0.1) is 0 Å². The highest BCUT2D eigenvalue weighted by Gasteiger charge is 2.17. The second-order valence-electron chi connectivity index (χ2n) is 6.24. The molecule has 1 aromatic carbocycles. The number of phenolic OH excluding ortho intramolecular Hbond substituents is 1. The summed E-state index contributed by atoms with van der Waals surface area (Å²) in [7, 11) is 0. The molecule has 0 bridgehead atoms. The van der Waals surface area contributed by atoms with Gasteiger partial charge in [0, 0.05) is 12.1 Å². The maximum Gasteiger partial charge on any atom is 0.115 e. The molecule has 0 radical (unpaired) electrons. The zero-order valence-electron chi connectivity index (χ0n) is 13.5. The Hall–Kier alpha value is -1.06. The fourth-order valence-electron chi connectivity index (χ4n) is 3.25. The number of piperidine rings is 1. The van der Waals surface area contributed by atoms with Crippen molar-refractivity contribution in [1.29, 1.82) is 0 Å². The largest absolute Gasteiger partial charge is 0.508 e. The predicted molar refractivity (Wildman–Crippen MR) is 88.6 cm³/mol. The summed E-state index contributed by atoms with van der Waals surface area (Å²) in [6.07, 6.45) is 6.40. The first-order valence-corrected chi connectivity index (χ1v) is 8.47. The molecule has 21 heavy (non-hydrogen) atoms. The lowest BCUT2D eigenvalue weighted by Crippen LogP contribution is -2.39. The number of rotatable bonds is 7. The van der Waals surface area contributed by atoms with Crippen molar-refractivity contribution in [2.45, 2.75) is 58.0 Å². The number of phenols is 1. The van der Waals surface area contributed by atoms with E-state index < -0.39 is 0 Å². The fraction of sp³-hybridized carbons (Fsp3) is 0.667. The number of aromatic hydroxyl groups is 1. The zero-order chi connectivity index (χ0) is 15.1. The molecule has 2 N–H and O–H groups in total. The number of likely N-dealkylation sites (tertiary alicyclic amines) is 1. The van der Waals surface area contributed by atoms with Crippen molar-refractivity contribution in [3.8, 4) is 5.75 Å². The maximum absolute atomic E-state index is 9.37. The van der Waals surface area contributed by atoms with E-state index in [0.717, 1.165) is 19.0 Å². The quantitative estimate of drug-likeness (QED) is 0.752. The minimum atomic E-state index is 0.340. The Morgan fingerprint density at radius 1 is 1.29 bits per heavy atom. The van der Waals surface area contributed by atoms with Gasteiger partial charge in [0.25, 0.3) is 0 Å². The summed E-state index contributed by atoms with van der Waals surface area (Å²) in [5, 5.41) is 13.0. The lowest BCUT2D eigenvalue weighted by molar-refractivity contribution is 0.158. The van der Waals surface area contributed by atoms with Gasteiger partial charge in [-0.3, -0.25) is 0 Å². The third-order valence-corrected chi connectivity index (χ3v) is 4.66. The smallest absolute Gasteiger partial charge is 0.115 e. The SMILES string of the molecule is CCC(NCCCN1CCCCC1C)c1ccc(O)cc1. The Balaban J connectivity index is 1.72. The molecule has 1 aliphatic heterocycles. The van der Waals surface area contributed by atoms with E-state index in [1.807, 2.05) is 12.1 Å². The molecule has 0 aliphatic carbocycles. The van der Waals surface area contributed by atoms with Crippen LogP contribution in [-0.4, -0.2) is 35.7 Å². The minimum absolute atomic E-state index is 0.340. The predicted octanol–water partition coefficient (Wildman–Crippen LogP) is 3.70. The first kappa shape index (κ1) is 16.3. The van der Waals surface area contributed by atoms with Crippen LogP contribution in [0.25, 0.3) is 0 Å². The summed E-state index contributed by atoms with van der Waals surface area (Å²) in [6.45, 7) is 8.11. The van der Waals surface area contributed by atoms with E-state index >= 15 is 0 Å². The summed E-state index contributed by atoms with van der Waals surface area (Å²) in [6, 6.07) is 8.73. The Morgan fingerprint density at radius 2 is 2.05 bits per heavy atom. The molecule has 2 atom stereocenters. The summed E-state index contributed by atoms with van der Waals surface area (Å²) >= 11 is 0. The monoisotopic (exact) mass is 290 g/mol. The average Bonchev–Trinajstić information content (AvgIpc) is 2.50. The van der Waals surface area contributed by atoms with Crippen LogP contribution in [0.4, 0.5) is 0 Å². The van der Waals surface area contributed by atoms with Crippen molar-refractivity contribution in [3.05, 3.63) is 29.8 Å². The Bertz CT molecular complexity index is 404. The molecule has 1 aliphatic rings. The van der Waals surface area contributed by atoms with Crippen molar-refractivity contribution >= 4 is 0 Å². The van der Waals surface area contributed by atoms with Crippen molar-refractivity contribution in [1.82, 2.24) is 10.2 Å². The van der Waals surface area contributed by atoms with E-state index in [9.17, 15) is 5.11 Å². The van der Waals surface area contributed by atoms with Gasteiger partial charge in [-0.25, -0.2) is 0 Å². The molecule has 3 nitrogen and oxygen atoms in total. The minimum Gasteiger partial charge on any atom is -0.508 e. The third kappa shape index (κ3) is 5.01. The summed E-state index contributed by atoms with van der Waals surface area (Å²) in [4.78, 5) is 2.63. The molecule has 0 amide bonds. The van der Waals surface area contributed by atoms with Crippen LogP contribution < -0.4 is 5.32 Å². The van der Waals surface area contributed by atoms with E-state index in [1.165, 1.54) is 44.3 Å². The van der Waals surface area contributed by atoms with Crippen LogP contribution in [0, 0.1) is 0 Å². The summed E-state index contributed by atoms with van der Waals surface area (Å²) in [5.74, 6) is 0.340. The normalized spacial score (nSPS) is 21.3. The van der Waals surface area contributed by atoms with Gasteiger partial charge in [0.2, 0.25) is 0 Å². The highest BCUT2D eigenvalue weighted by Crippen LogP contribution is 2.20. The molecular weight excluding hydrogens is 260 g/mol. The van der Waals surface area contributed by atoms with Crippen molar-refractivity contribution in [3.63, 3.8) is 0 Å². The highest BCUT2D eigenvalue weighted by molar-refractivity contribution is 5.27. The second-order valence-corrected chi connectivity index (χ2v) is 6.24. The third-order valence-electron chi connectivity index (χ3n) is 4.66. The molecule has 0 aromatic heterocycles. The summed E-state index contributed by atoms with van der Waals surface area (Å²) in [5.41, 5.74) is 1.27. The van der Waals surface area contributed by atoms with Gasteiger partial charge in [-0.1, -0.05) is 25.5 Å². The van der Waals surface area contributed by atoms with Crippen molar-refractivity contribution < 1.29 is 5.11 Å². The van der Waals surface area contributed by atoms with E-state index in [1.54, 1.807) is 12.1 Å². The van der Waals surface area contributed by atoms with Gasteiger partial charge in [-0.05, 0) is 69.9 Å². The molecule has 1 aromatic rings. The van der Waals surface area contributed by atoms with E-state index in [4.69, 9.17) is 0 Å². The average molecular weight is 290 g/mol.